The molecule has 0 radical (unpaired) electrons. The van der Waals surface area contributed by atoms with E-state index in [-0.39, 0.29) is 0 Å². The van der Waals surface area contributed by atoms with E-state index >= 15 is 0 Å². The SMILES string of the molecule is CC(C(=O)O)C(S)(C(=O)O)C(S)C(=O)O. The van der Waals surface area contributed by atoms with E-state index < -0.39 is 33.8 Å². The fourth-order valence-electron chi connectivity index (χ4n) is 0.915. The number of rotatable bonds is 5. The standard InChI is InChI=1S/C7H10O6S2/c1-2(4(8)9)7(15,6(12)13)3(14)5(10)11/h2-3,14-15H,1H3,(H,8,9)(H,10,11)(H,12,13). The van der Waals surface area contributed by atoms with E-state index in [1.807, 2.05) is 0 Å². The van der Waals surface area contributed by atoms with E-state index in [1.165, 1.54) is 0 Å². The van der Waals surface area contributed by atoms with Crippen molar-refractivity contribution in [2.24, 2.45) is 5.92 Å². The molecule has 0 spiro atoms. The number of carboxylic acid groups (broad SMARTS) is 3. The molecule has 3 N–H and O–H groups in total. The van der Waals surface area contributed by atoms with Crippen molar-refractivity contribution in [1.29, 1.82) is 0 Å². The summed E-state index contributed by atoms with van der Waals surface area (Å²) < 4.78 is -2.26. The van der Waals surface area contributed by atoms with Crippen LogP contribution >= 0.6 is 25.3 Å². The van der Waals surface area contributed by atoms with Gasteiger partial charge in [-0.05, 0) is 6.92 Å². The van der Waals surface area contributed by atoms with Gasteiger partial charge in [-0.2, -0.15) is 25.3 Å². The molecule has 0 aromatic heterocycles. The van der Waals surface area contributed by atoms with E-state index in [4.69, 9.17) is 15.3 Å². The maximum Gasteiger partial charge on any atom is 0.322 e. The van der Waals surface area contributed by atoms with Gasteiger partial charge in [-0.1, -0.05) is 0 Å². The topological polar surface area (TPSA) is 112 Å². The molecule has 86 valence electrons. The normalized spacial score (nSPS) is 18.6. The highest BCUT2D eigenvalue weighted by Crippen LogP contribution is 2.33. The van der Waals surface area contributed by atoms with Crippen molar-refractivity contribution in [2.75, 3.05) is 0 Å². The van der Waals surface area contributed by atoms with Gasteiger partial charge in [0.15, 0.2) is 0 Å². The zero-order valence-corrected chi connectivity index (χ0v) is 9.40. The van der Waals surface area contributed by atoms with Crippen LogP contribution in [0.25, 0.3) is 0 Å². The molecule has 0 rings (SSSR count). The van der Waals surface area contributed by atoms with Crippen LogP contribution < -0.4 is 0 Å². The predicted molar refractivity (Wildman–Crippen MR) is 56.6 cm³/mol. The monoisotopic (exact) mass is 254 g/mol. The van der Waals surface area contributed by atoms with Gasteiger partial charge in [0.1, 0.15) is 10.00 Å². The first-order chi connectivity index (χ1) is 6.65. The number of aliphatic carboxylic acids is 3. The Hall–Kier alpha value is -0.890. The molecule has 0 aliphatic carbocycles. The van der Waals surface area contributed by atoms with Gasteiger partial charge >= 0.3 is 17.9 Å². The van der Waals surface area contributed by atoms with Crippen LogP contribution in [0.4, 0.5) is 0 Å². The molecule has 0 bridgehead atoms. The molecule has 3 atom stereocenters. The van der Waals surface area contributed by atoms with E-state index in [0.29, 0.717) is 0 Å². The average molecular weight is 254 g/mol. The zero-order chi connectivity index (χ0) is 12.4. The second-order valence-corrected chi connectivity index (χ2v) is 4.19. The van der Waals surface area contributed by atoms with E-state index in [2.05, 4.69) is 25.3 Å². The molecule has 0 aliphatic heterocycles. The lowest BCUT2D eigenvalue weighted by Gasteiger charge is -2.30. The molecule has 3 unspecified atom stereocenters. The van der Waals surface area contributed by atoms with E-state index in [1.54, 1.807) is 0 Å². The summed E-state index contributed by atoms with van der Waals surface area (Å²) >= 11 is 7.20. The maximum atomic E-state index is 10.9. The summed E-state index contributed by atoms with van der Waals surface area (Å²) in [6.07, 6.45) is 0. The van der Waals surface area contributed by atoms with Crippen molar-refractivity contribution < 1.29 is 29.7 Å². The third kappa shape index (κ3) is 2.57. The summed E-state index contributed by atoms with van der Waals surface area (Å²) in [6, 6.07) is 0. The Kier molecular flexibility index (Phi) is 4.47. The molecule has 0 saturated heterocycles. The van der Waals surface area contributed by atoms with Gasteiger partial charge in [0, 0.05) is 0 Å². The molecule has 0 heterocycles. The van der Waals surface area contributed by atoms with Crippen LogP contribution in [0.2, 0.25) is 0 Å². The van der Waals surface area contributed by atoms with Crippen molar-refractivity contribution in [3.8, 4) is 0 Å². The summed E-state index contributed by atoms with van der Waals surface area (Å²) in [5.41, 5.74) is 0. The first kappa shape index (κ1) is 14.1. The molecule has 0 aliphatic rings. The zero-order valence-electron chi connectivity index (χ0n) is 7.62. The molecule has 0 amide bonds. The number of hydrogen-bond donors (Lipinski definition) is 5. The van der Waals surface area contributed by atoms with Gasteiger partial charge in [-0.25, -0.2) is 0 Å². The first-order valence-corrected chi connectivity index (χ1v) is 4.71. The summed E-state index contributed by atoms with van der Waals surface area (Å²) in [5, 5.41) is 24.4. The second kappa shape index (κ2) is 4.75. The van der Waals surface area contributed by atoms with Crippen LogP contribution in [0.15, 0.2) is 0 Å². The fourth-order valence-corrected chi connectivity index (χ4v) is 1.47. The molecule has 6 nitrogen and oxygen atoms in total. The van der Waals surface area contributed by atoms with Gasteiger partial charge in [0.2, 0.25) is 0 Å². The van der Waals surface area contributed by atoms with Gasteiger partial charge in [0.25, 0.3) is 0 Å². The summed E-state index contributed by atoms with van der Waals surface area (Å²) in [4.78, 5) is 32.1. The minimum absolute atomic E-state index is 1.07. The predicted octanol–water partition coefficient (Wildman–Crippen LogP) is -0.157. The Bertz CT molecular complexity index is 282. The fraction of sp³-hybridized carbons (Fsp3) is 0.571. The van der Waals surface area contributed by atoms with Gasteiger partial charge in [-0.15, -0.1) is 0 Å². The maximum absolute atomic E-state index is 10.9. The number of thiol groups is 2. The average Bonchev–Trinajstić information content (AvgIpc) is 2.13. The van der Waals surface area contributed by atoms with Crippen LogP contribution in [0.3, 0.4) is 0 Å². The van der Waals surface area contributed by atoms with Crippen molar-refractivity contribution >= 4 is 43.2 Å². The first-order valence-electron chi connectivity index (χ1n) is 3.75. The molecular formula is C7H10O6S2. The van der Waals surface area contributed by atoms with Crippen molar-refractivity contribution in [1.82, 2.24) is 0 Å². The Morgan fingerprint density at radius 2 is 1.53 bits per heavy atom. The summed E-state index contributed by atoms with van der Waals surface area (Å²) in [6.45, 7) is 1.07. The van der Waals surface area contributed by atoms with E-state index in [0.717, 1.165) is 6.92 Å². The lowest BCUT2D eigenvalue weighted by Crippen LogP contribution is -2.53. The van der Waals surface area contributed by atoms with Gasteiger partial charge in [-0.3, -0.25) is 14.4 Å². The van der Waals surface area contributed by atoms with Crippen molar-refractivity contribution in [2.45, 2.75) is 16.9 Å². The van der Waals surface area contributed by atoms with Crippen molar-refractivity contribution in [3.63, 3.8) is 0 Å². The van der Waals surface area contributed by atoms with Crippen molar-refractivity contribution in [3.05, 3.63) is 0 Å². The quantitative estimate of drug-likeness (QED) is 0.436. The van der Waals surface area contributed by atoms with E-state index in [9.17, 15) is 14.4 Å². The Balaban J connectivity index is 5.33. The Labute approximate surface area is 96.1 Å². The molecule has 8 heteroatoms. The minimum atomic E-state index is -2.26. The third-order valence-electron chi connectivity index (χ3n) is 2.02. The van der Waals surface area contributed by atoms with Gasteiger partial charge in [0.05, 0.1) is 5.92 Å². The smallest absolute Gasteiger partial charge is 0.322 e. The summed E-state index contributed by atoms with van der Waals surface area (Å²) in [5.74, 6) is -6.11. The Morgan fingerprint density at radius 1 is 1.13 bits per heavy atom. The molecule has 0 aromatic carbocycles. The lowest BCUT2D eigenvalue weighted by molar-refractivity contribution is -0.153. The highest BCUT2D eigenvalue weighted by molar-refractivity contribution is 7.87. The number of hydrogen-bond acceptors (Lipinski definition) is 5. The highest BCUT2D eigenvalue weighted by atomic mass is 32.1. The molecule has 15 heavy (non-hydrogen) atoms. The Morgan fingerprint density at radius 3 is 1.73 bits per heavy atom. The van der Waals surface area contributed by atoms with Crippen LogP contribution in [-0.2, 0) is 14.4 Å². The number of carboxylic acids is 3. The molecule has 0 fully saturated rings. The van der Waals surface area contributed by atoms with Gasteiger partial charge < -0.3 is 15.3 Å². The van der Waals surface area contributed by atoms with Crippen LogP contribution in [-0.4, -0.2) is 43.2 Å². The minimum Gasteiger partial charge on any atom is -0.481 e. The highest BCUT2D eigenvalue weighted by Gasteiger charge is 2.52. The molecular weight excluding hydrogens is 244 g/mol. The number of carbonyl (C=O) groups is 3. The largest absolute Gasteiger partial charge is 0.481 e. The molecule has 0 aromatic rings. The third-order valence-corrected chi connectivity index (χ3v) is 3.69. The van der Waals surface area contributed by atoms with Crippen LogP contribution in [0.5, 0.6) is 0 Å². The lowest BCUT2D eigenvalue weighted by atomic mass is 9.89. The van der Waals surface area contributed by atoms with Crippen LogP contribution in [0.1, 0.15) is 6.92 Å². The second-order valence-electron chi connectivity index (χ2n) is 2.93. The summed E-state index contributed by atoms with van der Waals surface area (Å²) in [7, 11) is 0. The molecule has 0 saturated carbocycles. The van der Waals surface area contributed by atoms with Crippen LogP contribution in [0, 0.1) is 5.92 Å².